The molecule has 0 unspecified atom stereocenters. The van der Waals surface area contributed by atoms with E-state index in [1.54, 1.807) is 0 Å². The van der Waals surface area contributed by atoms with Gasteiger partial charge in [0.2, 0.25) is 0 Å². The summed E-state index contributed by atoms with van der Waals surface area (Å²) in [6, 6.07) is 0. The Morgan fingerprint density at radius 3 is 1.78 bits per heavy atom. The van der Waals surface area contributed by atoms with Gasteiger partial charge in [0.15, 0.2) is 0 Å². The molecule has 0 atom stereocenters. The molecule has 1 amide bonds. The van der Waals surface area contributed by atoms with Gasteiger partial charge in [-0.15, -0.1) is 0 Å². The number of rotatable bonds is 16. The van der Waals surface area contributed by atoms with Crippen molar-refractivity contribution >= 4 is 6.09 Å². The molecule has 0 aliphatic carbocycles. The molecule has 3 nitrogen and oxygen atoms in total. The van der Waals surface area contributed by atoms with Gasteiger partial charge in [-0.3, -0.25) is 0 Å². The van der Waals surface area contributed by atoms with Gasteiger partial charge in [-0.05, 0) is 99.8 Å². The lowest BCUT2D eigenvalue weighted by molar-refractivity contribution is 0.134. The van der Waals surface area contributed by atoms with Gasteiger partial charge in [0, 0.05) is 5.54 Å². The summed E-state index contributed by atoms with van der Waals surface area (Å²) in [4.78, 5) is 12.0. The van der Waals surface area contributed by atoms with Crippen LogP contribution in [0.2, 0.25) is 0 Å². The Balaban J connectivity index is 4.22. The number of unbranched alkanes of at least 4 members (excludes halogenated alkanes) is 2. The molecule has 1 N–H and O–H groups in total. The van der Waals surface area contributed by atoms with E-state index in [9.17, 15) is 4.79 Å². The number of amides is 1. The summed E-state index contributed by atoms with van der Waals surface area (Å²) in [5.74, 6) is 0. The predicted octanol–water partition coefficient (Wildman–Crippen LogP) is 9.22. The topological polar surface area (TPSA) is 38.3 Å². The van der Waals surface area contributed by atoms with E-state index in [1.165, 1.54) is 28.7 Å². The molecule has 184 valence electrons. The van der Waals surface area contributed by atoms with E-state index >= 15 is 0 Å². The maximum Gasteiger partial charge on any atom is 0.407 e. The number of allylic oxidation sites excluding steroid dienone is 7. The van der Waals surface area contributed by atoms with Crippen molar-refractivity contribution in [2.24, 2.45) is 0 Å². The number of nitrogens with one attached hydrogen (secondary N) is 1. The van der Waals surface area contributed by atoms with Crippen molar-refractivity contribution in [3.8, 4) is 0 Å². The average Bonchev–Trinajstić information content (AvgIpc) is 2.69. The molecule has 0 aliphatic rings. The molecule has 3 heteroatoms. The highest BCUT2D eigenvalue weighted by molar-refractivity contribution is 5.68. The van der Waals surface area contributed by atoms with Gasteiger partial charge < -0.3 is 10.1 Å². The molecule has 0 aromatic carbocycles. The van der Waals surface area contributed by atoms with E-state index in [2.05, 4.69) is 71.2 Å². The van der Waals surface area contributed by atoms with Gasteiger partial charge >= 0.3 is 6.09 Å². The second-order valence-corrected chi connectivity index (χ2v) is 10.1. The van der Waals surface area contributed by atoms with Crippen molar-refractivity contribution in [1.82, 2.24) is 5.32 Å². The van der Waals surface area contributed by atoms with Gasteiger partial charge in [0.05, 0.1) is 6.61 Å². The number of alkyl carbamates (subject to hydrolysis) is 1. The molecular weight excluding hydrogens is 394 g/mol. The Bertz CT molecular complexity index is 646. The minimum atomic E-state index is -0.308. The Labute approximate surface area is 199 Å². The van der Waals surface area contributed by atoms with Gasteiger partial charge in [-0.1, -0.05) is 66.4 Å². The van der Waals surface area contributed by atoms with E-state index in [-0.39, 0.29) is 11.6 Å². The molecular formula is C29H51NO2. The molecule has 0 aromatic heterocycles. The number of hydrogen-bond donors (Lipinski definition) is 1. The highest BCUT2D eigenvalue weighted by Gasteiger charge is 2.19. The molecule has 32 heavy (non-hydrogen) atoms. The lowest BCUT2D eigenvalue weighted by atomic mass is 9.98. The maximum absolute atomic E-state index is 12.0. The summed E-state index contributed by atoms with van der Waals surface area (Å²) in [6.45, 7) is 17.7. The normalized spacial score (nSPS) is 13.2. The highest BCUT2D eigenvalue weighted by Crippen LogP contribution is 2.16. The Kier molecular flexibility index (Phi) is 16.8. The smallest absolute Gasteiger partial charge is 0.407 e. The first kappa shape index (κ1) is 30.2. The molecule has 0 bridgehead atoms. The number of carbonyl (C=O) groups is 1. The summed E-state index contributed by atoms with van der Waals surface area (Å²) >= 11 is 0. The number of ether oxygens (including phenoxy) is 1. The fourth-order valence-corrected chi connectivity index (χ4v) is 3.30. The summed E-state index contributed by atoms with van der Waals surface area (Å²) in [5.41, 5.74) is 5.44. The van der Waals surface area contributed by atoms with E-state index in [1.807, 2.05) is 13.8 Å². The second-order valence-electron chi connectivity index (χ2n) is 10.1. The van der Waals surface area contributed by atoms with E-state index in [0.29, 0.717) is 6.61 Å². The summed E-state index contributed by atoms with van der Waals surface area (Å²) in [6.07, 6.45) is 19.7. The monoisotopic (exact) mass is 445 g/mol. The van der Waals surface area contributed by atoms with Crippen molar-refractivity contribution in [2.45, 2.75) is 125 Å². The van der Waals surface area contributed by atoms with Gasteiger partial charge in [0.1, 0.15) is 0 Å². The van der Waals surface area contributed by atoms with E-state index in [0.717, 1.165) is 57.8 Å². The zero-order valence-electron chi connectivity index (χ0n) is 22.4. The molecule has 0 radical (unpaired) electrons. The van der Waals surface area contributed by atoms with Crippen LogP contribution in [0.5, 0.6) is 0 Å². The maximum atomic E-state index is 12.0. The van der Waals surface area contributed by atoms with Crippen molar-refractivity contribution in [1.29, 1.82) is 0 Å². The highest BCUT2D eigenvalue weighted by atomic mass is 16.5. The fraction of sp³-hybridized carbons (Fsp3) is 0.690. The fourth-order valence-electron chi connectivity index (χ4n) is 3.30. The first-order chi connectivity index (χ1) is 15.1. The third-order valence-electron chi connectivity index (χ3n) is 5.54. The van der Waals surface area contributed by atoms with Crippen LogP contribution >= 0.6 is 0 Å². The molecule has 0 spiro atoms. The number of hydrogen-bond acceptors (Lipinski definition) is 2. The quantitative estimate of drug-likeness (QED) is 0.190. The zero-order valence-corrected chi connectivity index (χ0v) is 22.4. The first-order valence-corrected chi connectivity index (χ1v) is 12.6. The Hall–Kier alpha value is -1.77. The Morgan fingerprint density at radius 1 is 0.781 bits per heavy atom. The van der Waals surface area contributed by atoms with Crippen molar-refractivity contribution in [3.63, 3.8) is 0 Å². The van der Waals surface area contributed by atoms with Crippen molar-refractivity contribution < 1.29 is 9.53 Å². The Morgan fingerprint density at radius 2 is 1.28 bits per heavy atom. The standard InChI is InChI=1S/C29H51NO2/c1-9-10-11-23-32-28(31)30-29(7,8)22-21-27(6)20-14-19-26(5)18-13-17-25(4)16-12-15-24(2)3/h15,17,19,21H,9-14,16,18,20,22-23H2,1-8H3,(H,30,31)/b25-17+,26-19+,27-21+. The average molecular weight is 446 g/mol. The summed E-state index contributed by atoms with van der Waals surface area (Å²) < 4.78 is 5.27. The van der Waals surface area contributed by atoms with Crippen LogP contribution in [0.3, 0.4) is 0 Å². The van der Waals surface area contributed by atoms with Gasteiger partial charge in [-0.25, -0.2) is 4.79 Å². The minimum absolute atomic E-state index is 0.301. The van der Waals surface area contributed by atoms with Crippen LogP contribution in [-0.2, 0) is 4.74 Å². The van der Waals surface area contributed by atoms with E-state index in [4.69, 9.17) is 4.74 Å². The predicted molar refractivity (Wildman–Crippen MR) is 141 cm³/mol. The van der Waals surface area contributed by atoms with Crippen LogP contribution in [0.1, 0.15) is 120 Å². The van der Waals surface area contributed by atoms with Gasteiger partial charge in [-0.2, -0.15) is 0 Å². The van der Waals surface area contributed by atoms with Crippen LogP contribution in [-0.4, -0.2) is 18.2 Å². The van der Waals surface area contributed by atoms with Crippen molar-refractivity contribution in [2.75, 3.05) is 6.61 Å². The second kappa shape index (κ2) is 17.7. The van der Waals surface area contributed by atoms with E-state index < -0.39 is 0 Å². The molecule has 0 saturated heterocycles. The largest absolute Gasteiger partial charge is 0.450 e. The summed E-state index contributed by atoms with van der Waals surface area (Å²) in [7, 11) is 0. The number of carbonyl (C=O) groups excluding carboxylic acids is 1. The molecule has 0 saturated carbocycles. The zero-order chi connectivity index (χ0) is 24.4. The summed E-state index contributed by atoms with van der Waals surface area (Å²) in [5, 5.41) is 2.99. The van der Waals surface area contributed by atoms with Crippen LogP contribution in [0, 0.1) is 0 Å². The van der Waals surface area contributed by atoms with Gasteiger partial charge in [0.25, 0.3) is 0 Å². The van der Waals surface area contributed by atoms with Crippen molar-refractivity contribution in [3.05, 3.63) is 46.6 Å². The van der Waals surface area contributed by atoms with Crippen LogP contribution < -0.4 is 5.32 Å². The molecule has 0 heterocycles. The minimum Gasteiger partial charge on any atom is -0.450 e. The molecule has 0 fully saturated rings. The van der Waals surface area contributed by atoms with Crippen LogP contribution in [0.4, 0.5) is 4.79 Å². The first-order valence-electron chi connectivity index (χ1n) is 12.6. The lowest BCUT2D eigenvalue weighted by Gasteiger charge is -2.24. The third-order valence-corrected chi connectivity index (χ3v) is 5.54. The van der Waals surface area contributed by atoms with Crippen LogP contribution in [0.15, 0.2) is 46.6 Å². The molecule has 0 aliphatic heterocycles. The molecule has 0 aromatic rings. The van der Waals surface area contributed by atoms with Crippen LogP contribution in [0.25, 0.3) is 0 Å². The molecule has 0 rings (SSSR count). The lowest BCUT2D eigenvalue weighted by Crippen LogP contribution is -2.43. The SMILES string of the molecule is CCCCCOC(=O)NC(C)(C)C/C=C(\C)CC/C=C(\C)CC/C=C(\C)CCC=C(C)C. The third kappa shape index (κ3) is 19.0.